The molecule has 0 bridgehead atoms. The number of rotatable bonds is 9. The normalized spacial score (nSPS) is 12.0. The summed E-state index contributed by atoms with van der Waals surface area (Å²) in [5.41, 5.74) is 8.03. The molecule has 0 aliphatic heterocycles. The Morgan fingerprint density at radius 2 is 1.88 bits per heavy atom. The van der Waals surface area contributed by atoms with Crippen LogP contribution >= 0.6 is 0 Å². The number of hydrogen-bond donors (Lipinski definition) is 1. The van der Waals surface area contributed by atoms with Gasteiger partial charge in [0.1, 0.15) is 5.82 Å². The molecule has 0 saturated heterocycles. The SMILES string of the molecule is CCCCOc1cccc(CC(CN)c2ccc(F)cc2)c1OC. The van der Waals surface area contributed by atoms with E-state index < -0.39 is 0 Å². The Balaban J connectivity index is 2.20. The fourth-order valence-corrected chi connectivity index (χ4v) is 2.73. The molecule has 0 fully saturated rings. The van der Waals surface area contributed by atoms with Crippen LogP contribution in [0.4, 0.5) is 4.39 Å². The molecule has 0 spiro atoms. The van der Waals surface area contributed by atoms with Crippen molar-refractivity contribution in [1.29, 1.82) is 0 Å². The van der Waals surface area contributed by atoms with Crippen LogP contribution in [0, 0.1) is 5.82 Å². The maximum Gasteiger partial charge on any atom is 0.163 e. The van der Waals surface area contributed by atoms with E-state index in [4.69, 9.17) is 15.2 Å². The van der Waals surface area contributed by atoms with Gasteiger partial charge in [0, 0.05) is 5.92 Å². The maximum absolute atomic E-state index is 13.1. The van der Waals surface area contributed by atoms with Gasteiger partial charge in [-0.3, -0.25) is 0 Å². The first-order valence-corrected chi connectivity index (χ1v) is 8.43. The summed E-state index contributed by atoms with van der Waals surface area (Å²) in [5.74, 6) is 1.39. The summed E-state index contributed by atoms with van der Waals surface area (Å²) in [6, 6.07) is 12.4. The molecule has 2 aromatic carbocycles. The third-order valence-corrected chi connectivity index (χ3v) is 4.11. The molecular formula is C20H26FNO2. The number of nitrogens with two attached hydrogens (primary N) is 1. The summed E-state index contributed by atoms with van der Waals surface area (Å²) in [6.45, 7) is 3.29. The lowest BCUT2D eigenvalue weighted by Crippen LogP contribution is -2.15. The number of ether oxygens (including phenoxy) is 2. The Hall–Kier alpha value is -2.07. The lowest BCUT2D eigenvalue weighted by Gasteiger charge is -2.19. The second-order valence-corrected chi connectivity index (χ2v) is 5.84. The van der Waals surface area contributed by atoms with Crippen molar-refractivity contribution in [2.45, 2.75) is 32.1 Å². The zero-order valence-electron chi connectivity index (χ0n) is 14.4. The Kier molecular flexibility index (Phi) is 7.07. The zero-order valence-corrected chi connectivity index (χ0v) is 14.4. The molecule has 0 saturated carbocycles. The largest absolute Gasteiger partial charge is 0.493 e. The molecule has 2 N–H and O–H groups in total. The highest BCUT2D eigenvalue weighted by Gasteiger charge is 2.16. The van der Waals surface area contributed by atoms with Gasteiger partial charge in [-0.15, -0.1) is 0 Å². The van der Waals surface area contributed by atoms with Crippen LogP contribution in [0.25, 0.3) is 0 Å². The Labute approximate surface area is 143 Å². The first kappa shape index (κ1) is 18.3. The number of unbranched alkanes of at least 4 members (excludes halogenated alkanes) is 1. The summed E-state index contributed by atoms with van der Waals surface area (Å²) < 4.78 is 24.6. The maximum atomic E-state index is 13.1. The summed E-state index contributed by atoms with van der Waals surface area (Å²) in [4.78, 5) is 0. The van der Waals surface area contributed by atoms with Gasteiger partial charge in [0.25, 0.3) is 0 Å². The van der Waals surface area contributed by atoms with E-state index in [1.165, 1.54) is 12.1 Å². The van der Waals surface area contributed by atoms with Crippen LogP contribution in [0.2, 0.25) is 0 Å². The van der Waals surface area contributed by atoms with E-state index in [2.05, 4.69) is 6.92 Å². The van der Waals surface area contributed by atoms with Gasteiger partial charge in [-0.1, -0.05) is 37.6 Å². The molecule has 24 heavy (non-hydrogen) atoms. The summed E-state index contributed by atoms with van der Waals surface area (Å²) >= 11 is 0. The Bertz CT molecular complexity index is 628. The minimum Gasteiger partial charge on any atom is -0.493 e. The van der Waals surface area contributed by atoms with Crippen LogP contribution in [0.15, 0.2) is 42.5 Å². The molecular weight excluding hydrogens is 305 g/mol. The van der Waals surface area contributed by atoms with Gasteiger partial charge in [-0.2, -0.15) is 0 Å². The highest BCUT2D eigenvalue weighted by Crippen LogP contribution is 2.34. The van der Waals surface area contributed by atoms with Gasteiger partial charge in [-0.25, -0.2) is 4.39 Å². The van der Waals surface area contributed by atoms with Crippen molar-refractivity contribution in [2.24, 2.45) is 5.73 Å². The topological polar surface area (TPSA) is 44.5 Å². The molecule has 2 aromatic rings. The van der Waals surface area contributed by atoms with Gasteiger partial charge in [0.2, 0.25) is 0 Å². The molecule has 0 amide bonds. The zero-order chi connectivity index (χ0) is 17.4. The molecule has 1 unspecified atom stereocenters. The number of hydrogen-bond acceptors (Lipinski definition) is 3. The van der Waals surface area contributed by atoms with Gasteiger partial charge in [0.05, 0.1) is 13.7 Å². The minimum absolute atomic E-state index is 0.102. The van der Waals surface area contributed by atoms with Crippen molar-refractivity contribution < 1.29 is 13.9 Å². The number of halogens is 1. The summed E-state index contributed by atoms with van der Waals surface area (Å²) in [7, 11) is 1.65. The van der Waals surface area contributed by atoms with Crippen LogP contribution in [-0.4, -0.2) is 20.3 Å². The third kappa shape index (κ3) is 4.71. The second kappa shape index (κ2) is 9.28. The molecule has 130 valence electrons. The van der Waals surface area contributed by atoms with Crippen molar-refractivity contribution in [2.75, 3.05) is 20.3 Å². The molecule has 0 aliphatic rings. The van der Waals surface area contributed by atoms with E-state index >= 15 is 0 Å². The van der Waals surface area contributed by atoms with E-state index in [1.807, 2.05) is 18.2 Å². The quantitative estimate of drug-likeness (QED) is 0.697. The fourth-order valence-electron chi connectivity index (χ4n) is 2.73. The van der Waals surface area contributed by atoms with E-state index in [-0.39, 0.29) is 11.7 Å². The average Bonchev–Trinajstić information content (AvgIpc) is 2.61. The third-order valence-electron chi connectivity index (χ3n) is 4.11. The summed E-state index contributed by atoms with van der Waals surface area (Å²) in [6.07, 6.45) is 2.81. The molecule has 2 rings (SSSR count). The number of para-hydroxylation sites is 1. The lowest BCUT2D eigenvalue weighted by molar-refractivity contribution is 0.287. The Morgan fingerprint density at radius 1 is 1.12 bits per heavy atom. The number of benzene rings is 2. The van der Waals surface area contributed by atoms with Crippen LogP contribution in [0.3, 0.4) is 0 Å². The van der Waals surface area contributed by atoms with E-state index in [0.29, 0.717) is 13.2 Å². The molecule has 0 aromatic heterocycles. The molecule has 1 atom stereocenters. The monoisotopic (exact) mass is 331 g/mol. The smallest absolute Gasteiger partial charge is 0.163 e. The van der Waals surface area contributed by atoms with Crippen molar-refractivity contribution in [1.82, 2.24) is 0 Å². The molecule has 0 heterocycles. The van der Waals surface area contributed by atoms with Gasteiger partial charge in [0.15, 0.2) is 11.5 Å². The molecule has 0 radical (unpaired) electrons. The van der Waals surface area contributed by atoms with E-state index in [9.17, 15) is 4.39 Å². The van der Waals surface area contributed by atoms with Crippen molar-refractivity contribution in [3.05, 3.63) is 59.4 Å². The molecule has 0 aliphatic carbocycles. The van der Waals surface area contributed by atoms with Gasteiger partial charge >= 0.3 is 0 Å². The minimum atomic E-state index is -0.238. The van der Waals surface area contributed by atoms with Gasteiger partial charge in [-0.05, 0) is 48.7 Å². The van der Waals surface area contributed by atoms with Crippen LogP contribution in [0.1, 0.15) is 36.8 Å². The predicted octanol–water partition coefficient (Wildman–Crippen LogP) is 4.30. The highest BCUT2D eigenvalue weighted by atomic mass is 19.1. The van der Waals surface area contributed by atoms with E-state index in [0.717, 1.165) is 41.9 Å². The fraction of sp³-hybridized carbons (Fsp3) is 0.400. The van der Waals surface area contributed by atoms with Crippen LogP contribution in [-0.2, 0) is 6.42 Å². The summed E-state index contributed by atoms with van der Waals surface area (Å²) in [5, 5.41) is 0. The number of methoxy groups -OCH3 is 1. The predicted molar refractivity (Wildman–Crippen MR) is 95.3 cm³/mol. The standard InChI is InChI=1S/C20H26FNO2/c1-3-4-12-24-19-7-5-6-16(20(19)23-2)13-17(14-22)15-8-10-18(21)11-9-15/h5-11,17H,3-4,12-14,22H2,1-2H3. The van der Waals surface area contributed by atoms with Crippen LogP contribution in [0.5, 0.6) is 11.5 Å². The lowest BCUT2D eigenvalue weighted by atomic mass is 9.91. The van der Waals surface area contributed by atoms with Crippen LogP contribution < -0.4 is 15.2 Å². The van der Waals surface area contributed by atoms with E-state index in [1.54, 1.807) is 19.2 Å². The first-order valence-electron chi connectivity index (χ1n) is 8.43. The second-order valence-electron chi connectivity index (χ2n) is 5.84. The van der Waals surface area contributed by atoms with Gasteiger partial charge < -0.3 is 15.2 Å². The van der Waals surface area contributed by atoms with Crippen molar-refractivity contribution in [3.63, 3.8) is 0 Å². The average molecular weight is 331 g/mol. The molecule has 3 nitrogen and oxygen atoms in total. The first-order chi connectivity index (χ1) is 11.7. The highest BCUT2D eigenvalue weighted by molar-refractivity contribution is 5.47. The van der Waals surface area contributed by atoms with Crippen molar-refractivity contribution >= 4 is 0 Å². The van der Waals surface area contributed by atoms with Crippen molar-refractivity contribution in [3.8, 4) is 11.5 Å². The molecule has 4 heteroatoms. The Morgan fingerprint density at radius 3 is 2.50 bits per heavy atom.